The molecule has 1 aromatic heterocycles. The van der Waals surface area contributed by atoms with Gasteiger partial charge in [-0.05, 0) is 24.8 Å². The van der Waals surface area contributed by atoms with Crippen molar-refractivity contribution in [1.82, 2.24) is 30.5 Å². The summed E-state index contributed by atoms with van der Waals surface area (Å²) >= 11 is 0. The number of aliphatic hydroxyl groups is 1. The highest BCUT2D eigenvalue weighted by molar-refractivity contribution is 5.85. The van der Waals surface area contributed by atoms with Gasteiger partial charge in [-0.1, -0.05) is 29.5 Å². The molecule has 0 bridgehead atoms. The van der Waals surface area contributed by atoms with Crippen molar-refractivity contribution < 1.29 is 9.90 Å². The highest BCUT2D eigenvalue weighted by atomic mass is 35.5. The van der Waals surface area contributed by atoms with Crippen LogP contribution in [-0.2, 0) is 11.3 Å². The molecule has 0 unspecified atom stereocenters. The minimum absolute atomic E-state index is 0. The molecule has 1 amide bonds. The smallest absolute Gasteiger partial charge is 0.236 e. The van der Waals surface area contributed by atoms with Crippen molar-refractivity contribution in [2.75, 3.05) is 26.7 Å². The van der Waals surface area contributed by atoms with E-state index >= 15 is 0 Å². The van der Waals surface area contributed by atoms with E-state index in [4.69, 9.17) is 0 Å². The maximum Gasteiger partial charge on any atom is 0.236 e. The van der Waals surface area contributed by atoms with Crippen molar-refractivity contribution in [3.05, 3.63) is 36.0 Å². The van der Waals surface area contributed by atoms with Crippen molar-refractivity contribution >= 4 is 30.7 Å². The van der Waals surface area contributed by atoms with Crippen LogP contribution in [0.2, 0.25) is 0 Å². The standard InChI is InChI=1S/C20H28N6O2.2ClH/c1-21-20(28)18-10-16(11-22-18)26-13-19(23-24-26)15-4-2-14(3-5-15)12-25-8-6-17(27)7-9-25;;/h2-5,13,16-18,22,27H,6-12H2,1H3,(H,21,28);2*1H/t16-,18-;;/m0../s1. The van der Waals surface area contributed by atoms with Gasteiger partial charge < -0.3 is 15.7 Å². The Balaban J connectivity index is 0.00000160. The Morgan fingerprint density at radius 1 is 1.23 bits per heavy atom. The van der Waals surface area contributed by atoms with E-state index in [2.05, 4.69) is 50.1 Å². The Bertz CT molecular complexity index is 808. The van der Waals surface area contributed by atoms with Crippen molar-refractivity contribution in [2.24, 2.45) is 0 Å². The lowest BCUT2D eigenvalue weighted by Gasteiger charge is -2.29. The summed E-state index contributed by atoms with van der Waals surface area (Å²) in [6.45, 7) is 3.52. The van der Waals surface area contributed by atoms with Crippen molar-refractivity contribution in [3.8, 4) is 11.3 Å². The third-order valence-corrected chi connectivity index (χ3v) is 5.77. The molecule has 2 aliphatic heterocycles. The first-order valence-electron chi connectivity index (χ1n) is 9.99. The molecule has 0 radical (unpaired) electrons. The van der Waals surface area contributed by atoms with Crippen molar-refractivity contribution in [3.63, 3.8) is 0 Å². The molecule has 3 heterocycles. The lowest BCUT2D eigenvalue weighted by Crippen LogP contribution is -2.38. The number of nitrogens with one attached hydrogen (secondary N) is 2. The number of likely N-dealkylation sites (N-methyl/N-ethyl adjacent to an activating group) is 1. The topological polar surface area (TPSA) is 95.3 Å². The summed E-state index contributed by atoms with van der Waals surface area (Å²) in [6, 6.07) is 8.41. The van der Waals surface area contributed by atoms with Crippen LogP contribution in [0.5, 0.6) is 0 Å². The van der Waals surface area contributed by atoms with Crippen molar-refractivity contribution in [1.29, 1.82) is 0 Å². The van der Waals surface area contributed by atoms with E-state index in [1.165, 1.54) is 5.56 Å². The molecule has 1 aromatic carbocycles. The molecule has 2 aromatic rings. The molecule has 166 valence electrons. The van der Waals surface area contributed by atoms with Gasteiger partial charge in [0.15, 0.2) is 0 Å². The normalized spacial score (nSPS) is 22.2. The van der Waals surface area contributed by atoms with Gasteiger partial charge in [-0.2, -0.15) is 0 Å². The first-order valence-corrected chi connectivity index (χ1v) is 9.99. The molecule has 2 atom stereocenters. The van der Waals surface area contributed by atoms with E-state index in [0.29, 0.717) is 13.0 Å². The number of aromatic nitrogens is 3. The van der Waals surface area contributed by atoms with Crippen LogP contribution in [0.25, 0.3) is 11.3 Å². The number of piperidine rings is 1. The molecule has 2 fully saturated rings. The fraction of sp³-hybridized carbons (Fsp3) is 0.550. The van der Waals surface area contributed by atoms with Crippen LogP contribution in [0, 0.1) is 0 Å². The van der Waals surface area contributed by atoms with Crippen molar-refractivity contribution in [2.45, 2.75) is 44.0 Å². The van der Waals surface area contributed by atoms with E-state index in [-0.39, 0.29) is 48.9 Å². The minimum Gasteiger partial charge on any atom is -0.393 e. The molecule has 4 rings (SSSR count). The lowest BCUT2D eigenvalue weighted by atomic mass is 10.1. The SMILES string of the molecule is CNC(=O)[C@@H]1C[C@H](n2cc(-c3ccc(CN4CCC(O)CC4)cc3)nn2)CN1.Cl.Cl. The summed E-state index contributed by atoms with van der Waals surface area (Å²) in [6.07, 6.45) is 4.25. The highest BCUT2D eigenvalue weighted by Crippen LogP contribution is 2.23. The maximum absolute atomic E-state index is 11.8. The summed E-state index contributed by atoms with van der Waals surface area (Å²) in [7, 11) is 1.66. The Labute approximate surface area is 189 Å². The van der Waals surface area contributed by atoms with Crippen LogP contribution >= 0.6 is 24.8 Å². The number of hydrogen-bond acceptors (Lipinski definition) is 6. The summed E-state index contributed by atoms with van der Waals surface area (Å²) in [5.41, 5.74) is 3.15. The predicted molar refractivity (Wildman–Crippen MR) is 120 cm³/mol. The number of hydrogen-bond donors (Lipinski definition) is 3. The first-order chi connectivity index (χ1) is 13.6. The molecule has 30 heavy (non-hydrogen) atoms. The summed E-state index contributed by atoms with van der Waals surface area (Å²) in [5.74, 6) is 0.0154. The average molecular weight is 457 g/mol. The lowest BCUT2D eigenvalue weighted by molar-refractivity contribution is -0.122. The molecule has 3 N–H and O–H groups in total. The molecular formula is C20H30Cl2N6O2. The van der Waals surface area contributed by atoms with Crippen LogP contribution < -0.4 is 10.6 Å². The Morgan fingerprint density at radius 2 is 1.93 bits per heavy atom. The molecular weight excluding hydrogens is 427 g/mol. The third-order valence-electron chi connectivity index (χ3n) is 5.77. The Morgan fingerprint density at radius 3 is 2.60 bits per heavy atom. The highest BCUT2D eigenvalue weighted by Gasteiger charge is 2.30. The van der Waals surface area contributed by atoms with Gasteiger partial charge in [0, 0.05) is 38.8 Å². The predicted octanol–water partition coefficient (Wildman–Crippen LogP) is 1.39. The van der Waals surface area contributed by atoms with Crippen LogP contribution in [-0.4, -0.2) is 69.7 Å². The van der Waals surface area contributed by atoms with Gasteiger partial charge in [0.25, 0.3) is 0 Å². The van der Waals surface area contributed by atoms with Crippen LogP contribution in [0.3, 0.4) is 0 Å². The zero-order valence-electron chi connectivity index (χ0n) is 17.0. The minimum atomic E-state index is -0.169. The zero-order chi connectivity index (χ0) is 19.5. The number of nitrogens with zero attached hydrogens (tertiary/aromatic N) is 4. The number of likely N-dealkylation sites (tertiary alicyclic amines) is 1. The Kier molecular flexibility index (Phi) is 9.06. The van der Waals surface area contributed by atoms with Gasteiger partial charge in [0.2, 0.25) is 5.91 Å². The third kappa shape index (κ3) is 5.70. The fourth-order valence-electron chi connectivity index (χ4n) is 4.00. The van der Waals surface area contributed by atoms with E-state index in [1.807, 2.05) is 10.9 Å². The van der Waals surface area contributed by atoms with Crippen LogP contribution in [0.1, 0.15) is 30.9 Å². The van der Waals surface area contributed by atoms with Crippen LogP contribution in [0.15, 0.2) is 30.5 Å². The Hall–Kier alpha value is -1.71. The molecule has 10 heteroatoms. The molecule has 0 aliphatic carbocycles. The molecule has 8 nitrogen and oxygen atoms in total. The monoisotopic (exact) mass is 456 g/mol. The number of carbonyl (C=O) groups is 1. The zero-order valence-corrected chi connectivity index (χ0v) is 18.7. The van der Waals surface area contributed by atoms with Gasteiger partial charge in [-0.3, -0.25) is 9.69 Å². The van der Waals surface area contributed by atoms with E-state index in [9.17, 15) is 9.90 Å². The van der Waals surface area contributed by atoms with Gasteiger partial charge in [-0.25, -0.2) is 4.68 Å². The number of amides is 1. The maximum atomic E-state index is 11.8. The largest absolute Gasteiger partial charge is 0.393 e. The summed E-state index contributed by atoms with van der Waals surface area (Å²) in [4.78, 5) is 14.2. The molecule has 0 spiro atoms. The van der Waals surface area contributed by atoms with Gasteiger partial charge >= 0.3 is 0 Å². The number of carbonyl (C=O) groups excluding carboxylic acids is 1. The van der Waals surface area contributed by atoms with Crippen LogP contribution in [0.4, 0.5) is 0 Å². The van der Waals surface area contributed by atoms with Gasteiger partial charge in [0.05, 0.1) is 24.4 Å². The quantitative estimate of drug-likeness (QED) is 0.629. The van der Waals surface area contributed by atoms with E-state index < -0.39 is 0 Å². The number of benzene rings is 1. The van der Waals surface area contributed by atoms with Gasteiger partial charge in [-0.15, -0.1) is 29.9 Å². The summed E-state index contributed by atoms with van der Waals surface area (Å²) < 4.78 is 1.86. The number of rotatable bonds is 5. The molecule has 2 saturated heterocycles. The van der Waals surface area contributed by atoms with Gasteiger partial charge in [0.1, 0.15) is 5.69 Å². The average Bonchev–Trinajstić information content (AvgIpc) is 3.39. The summed E-state index contributed by atoms with van der Waals surface area (Å²) in [5, 5.41) is 24.1. The van der Waals surface area contributed by atoms with E-state index in [0.717, 1.165) is 43.7 Å². The fourth-order valence-corrected chi connectivity index (χ4v) is 4.00. The second-order valence-electron chi connectivity index (χ2n) is 7.75. The first kappa shape index (κ1) is 24.6. The second-order valence-corrected chi connectivity index (χ2v) is 7.75. The number of aliphatic hydroxyl groups excluding tert-OH is 1. The molecule has 0 saturated carbocycles. The van der Waals surface area contributed by atoms with E-state index in [1.54, 1.807) is 7.05 Å². The number of halogens is 2. The second kappa shape index (κ2) is 11.1. The molecule has 2 aliphatic rings.